The van der Waals surface area contributed by atoms with Gasteiger partial charge >= 0.3 is 0 Å². The fourth-order valence-corrected chi connectivity index (χ4v) is 2.58. The third-order valence-electron chi connectivity index (χ3n) is 3.91. The van der Waals surface area contributed by atoms with Gasteiger partial charge in [-0.05, 0) is 24.3 Å². The molecule has 0 saturated carbocycles. The van der Waals surface area contributed by atoms with Crippen molar-refractivity contribution in [3.63, 3.8) is 0 Å². The molecule has 1 heterocycles. The molecule has 140 valence electrons. The molecule has 1 aromatic heterocycles. The Morgan fingerprint density at radius 2 is 1.78 bits per heavy atom. The van der Waals surface area contributed by atoms with E-state index < -0.39 is 18.0 Å². The second kappa shape index (κ2) is 7.86. The Bertz CT molecular complexity index is 956. The Hall–Kier alpha value is -3.42. The van der Waals surface area contributed by atoms with E-state index in [1.165, 1.54) is 11.7 Å². The number of ether oxygens (including phenoxy) is 1. The number of benzene rings is 2. The number of nitrogens with zero attached hydrogens (tertiary/aromatic N) is 2. The molecule has 8 heteroatoms. The van der Waals surface area contributed by atoms with E-state index in [-0.39, 0.29) is 5.82 Å². The van der Waals surface area contributed by atoms with Crippen molar-refractivity contribution >= 4 is 23.1 Å². The lowest BCUT2D eigenvalue weighted by Gasteiger charge is -2.14. The van der Waals surface area contributed by atoms with Gasteiger partial charge in [0.1, 0.15) is 17.3 Å². The third kappa shape index (κ3) is 4.05. The molecule has 3 aromatic rings. The summed E-state index contributed by atoms with van der Waals surface area (Å²) in [6.45, 7) is 0. The first kappa shape index (κ1) is 18.4. The van der Waals surface area contributed by atoms with Crippen LogP contribution >= 0.6 is 0 Å². The van der Waals surface area contributed by atoms with Crippen molar-refractivity contribution in [2.24, 2.45) is 7.05 Å². The van der Waals surface area contributed by atoms with Gasteiger partial charge in [-0.15, -0.1) is 0 Å². The van der Waals surface area contributed by atoms with Gasteiger partial charge in [0.25, 0.3) is 12.3 Å². The number of nitrogens with one attached hydrogen (secondary N) is 2. The quantitative estimate of drug-likeness (QED) is 0.675. The molecule has 0 bridgehead atoms. The average molecular weight is 372 g/mol. The second-order valence-corrected chi connectivity index (χ2v) is 5.70. The van der Waals surface area contributed by atoms with Crippen molar-refractivity contribution in [3.05, 3.63) is 65.9 Å². The van der Waals surface area contributed by atoms with E-state index in [2.05, 4.69) is 15.7 Å². The highest BCUT2D eigenvalue weighted by atomic mass is 19.3. The first-order valence-electron chi connectivity index (χ1n) is 8.12. The van der Waals surface area contributed by atoms with E-state index in [0.717, 1.165) is 6.07 Å². The Morgan fingerprint density at radius 1 is 1.11 bits per heavy atom. The molecule has 6 nitrogen and oxygen atoms in total. The Balaban J connectivity index is 1.86. The highest BCUT2D eigenvalue weighted by molar-refractivity contribution is 6.08. The second-order valence-electron chi connectivity index (χ2n) is 5.70. The van der Waals surface area contributed by atoms with Crippen LogP contribution in [-0.4, -0.2) is 22.8 Å². The predicted molar refractivity (Wildman–Crippen MR) is 98.8 cm³/mol. The number of hydrogen-bond acceptors (Lipinski definition) is 4. The van der Waals surface area contributed by atoms with E-state index >= 15 is 0 Å². The van der Waals surface area contributed by atoms with Crippen LogP contribution in [0.5, 0.6) is 5.75 Å². The van der Waals surface area contributed by atoms with Gasteiger partial charge < -0.3 is 15.4 Å². The number of amides is 1. The number of carbonyl (C=O) groups is 1. The van der Waals surface area contributed by atoms with Crippen molar-refractivity contribution < 1.29 is 18.3 Å². The zero-order chi connectivity index (χ0) is 19.4. The molecule has 0 unspecified atom stereocenters. The van der Waals surface area contributed by atoms with Crippen molar-refractivity contribution in [3.8, 4) is 5.75 Å². The molecular weight excluding hydrogens is 354 g/mol. The topological polar surface area (TPSA) is 68.2 Å². The minimum absolute atomic E-state index is 0.183. The van der Waals surface area contributed by atoms with Gasteiger partial charge in [-0.3, -0.25) is 9.48 Å². The maximum absolute atomic E-state index is 12.8. The molecule has 0 spiro atoms. The maximum atomic E-state index is 12.8. The summed E-state index contributed by atoms with van der Waals surface area (Å²) in [6.07, 6.45) is -2.71. The normalized spacial score (nSPS) is 10.7. The number of hydrogen-bond donors (Lipinski definition) is 2. The lowest BCUT2D eigenvalue weighted by molar-refractivity contribution is 0.102. The standard InChI is InChI=1S/C19H18F2N4O2/c1-25-17(11-15(24-25)18(20)21)23-19(26)12-7-3-4-8-13(12)22-14-9-5-6-10-16(14)27-2/h3-11,18,22H,1-2H3,(H,23,26). The average Bonchev–Trinajstić information content (AvgIpc) is 3.03. The van der Waals surface area contributed by atoms with Gasteiger partial charge in [-0.2, -0.15) is 5.10 Å². The number of anilines is 3. The molecule has 3 rings (SSSR count). The van der Waals surface area contributed by atoms with E-state index in [1.807, 2.05) is 18.2 Å². The zero-order valence-corrected chi connectivity index (χ0v) is 14.7. The summed E-state index contributed by atoms with van der Waals surface area (Å²) < 4.78 is 32.1. The number of aromatic nitrogens is 2. The number of methoxy groups -OCH3 is 1. The van der Waals surface area contributed by atoms with Gasteiger partial charge in [-0.25, -0.2) is 8.78 Å². The Labute approximate surface area is 154 Å². The maximum Gasteiger partial charge on any atom is 0.282 e. The van der Waals surface area contributed by atoms with E-state index in [4.69, 9.17) is 4.74 Å². The number of aryl methyl sites for hydroxylation is 1. The number of rotatable bonds is 6. The molecule has 0 atom stereocenters. The molecule has 1 amide bonds. The fourth-order valence-electron chi connectivity index (χ4n) is 2.58. The van der Waals surface area contributed by atoms with Gasteiger partial charge in [0.05, 0.1) is 24.0 Å². The van der Waals surface area contributed by atoms with Crippen molar-refractivity contribution in [1.29, 1.82) is 0 Å². The largest absolute Gasteiger partial charge is 0.495 e. The van der Waals surface area contributed by atoms with Gasteiger partial charge in [0.2, 0.25) is 0 Å². The van der Waals surface area contributed by atoms with Crippen molar-refractivity contribution in [1.82, 2.24) is 9.78 Å². The SMILES string of the molecule is COc1ccccc1Nc1ccccc1C(=O)Nc1cc(C(F)F)nn1C. The molecule has 0 radical (unpaired) electrons. The van der Waals surface area contributed by atoms with E-state index in [9.17, 15) is 13.6 Å². The first-order valence-corrected chi connectivity index (χ1v) is 8.12. The molecule has 27 heavy (non-hydrogen) atoms. The summed E-state index contributed by atoms with van der Waals surface area (Å²) in [5.41, 5.74) is 1.20. The minimum Gasteiger partial charge on any atom is -0.495 e. The van der Waals surface area contributed by atoms with Crippen LogP contribution in [0.15, 0.2) is 54.6 Å². The summed E-state index contributed by atoms with van der Waals surface area (Å²) in [7, 11) is 3.04. The number of carbonyl (C=O) groups excluding carboxylic acids is 1. The molecule has 0 saturated heterocycles. The van der Waals surface area contributed by atoms with E-state index in [0.29, 0.717) is 22.7 Å². The molecule has 2 aromatic carbocycles. The van der Waals surface area contributed by atoms with Crippen LogP contribution < -0.4 is 15.4 Å². The first-order chi connectivity index (χ1) is 13.0. The lowest BCUT2D eigenvalue weighted by atomic mass is 10.1. The highest BCUT2D eigenvalue weighted by Crippen LogP contribution is 2.29. The Kier molecular flexibility index (Phi) is 5.35. The summed E-state index contributed by atoms with van der Waals surface area (Å²) in [5, 5.41) is 9.47. The number of alkyl halides is 2. The smallest absolute Gasteiger partial charge is 0.282 e. The molecule has 0 aliphatic heterocycles. The van der Waals surface area contributed by atoms with E-state index in [1.54, 1.807) is 37.4 Å². The Morgan fingerprint density at radius 3 is 2.44 bits per heavy atom. The van der Waals surface area contributed by atoms with Crippen LogP contribution in [0.2, 0.25) is 0 Å². The predicted octanol–water partition coefficient (Wildman–Crippen LogP) is 4.36. The number of halogens is 2. The summed E-state index contributed by atoms with van der Waals surface area (Å²) in [5.74, 6) is 0.361. The van der Waals surface area contributed by atoms with Crippen LogP contribution in [0.3, 0.4) is 0 Å². The van der Waals surface area contributed by atoms with Crippen LogP contribution in [0.25, 0.3) is 0 Å². The van der Waals surface area contributed by atoms with Gasteiger partial charge in [-0.1, -0.05) is 24.3 Å². The summed E-state index contributed by atoms with van der Waals surface area (Å²) in [6, 6.07) is 15.3. The third-order valence-corrected chi connectivity index (χ3v) is 3.91. The number of para-hydroxylation sites is 3. The molecule has 0 aliphatic rings. The van der Waals surface area contributed by atoms with Crippen LogP contribution in [0.4, 0.5) is 26.0 Å². The van der Waals surface area contributed by atoms with Gasteiger partial charge in [0, 0.05) is 13.1 Å². The zero-order valence-electron chi connectivity index (χ0n) is 14.7. The van der Waals surface area contributed by atoms with Crippen LogP contribution in [0, 0.1) is 0 Å². The molecular formula is C19H18F2N4O2. The molecule has 0 fully saturated rings. The van der Waals surface area contributed by atoms with Crippen LogP contribution in [-0.2, 0) is 7.05 Å². The van der Waals surface area contributed by atoms with Crippen molar-refractivity contribution in [2.45, 2.75) is 6.43 Å². The highest BCUT2D eigenvalue weighted by Gasteiger charge is 2.18. The summed E-state index contributed by atoms with van der Waals surface area (Å²) in [4.78, 5) is 12.7. The van der Waals surface area contributed by atoms with Gasteiger partial charge in [0.15, 0.2) is 0 Å². The minimum atomic E-state index is -2.71. The monoisotopic (exact) mass is 372 g/mol. The van der Waals surface area contributed by atoms with Crippen molar-refractivity contribution in [2.75, 3.05) is 17.7 Å². The molecule has 0 aliphatic carbocycles. The fraction of sp³-hybridized carbons (Fsp3) is 0.158. The summed E-state index contributed by atoms with van der Waals surface area (Å²) >= 11 is 0. The van der Waals surface area contributed by atoms with Crippen LogP contribution in [0.1, 0.15) is 22.5 Å². The lowest BCUT2D eigenvalue weighted by Crippen LogP contribution is -2.16. The molecule has 2 N–H and O–H groups in total.